The van der Waals surface area contributed by atoms with Crippen molar-refractivity contribution in [2.75, 3.05) is 38.6 Å². The minimum atomic E-state index is 0.523. The molecule has 5 heteroatoms. The predicted octanol–water partition coefficient (Wildman–Crippen LogP) is 2.66. The molecule has 1 aromatic heterocycles. The third-order valence-corrected chi connectivity index (χ3v) is 6.16. The van der Waals surface area contributed by atoms with Crippen molar-refractivity contribution in [1.82, 2.24) is 15.2 Å². The molecule has 0 bridgehead atoms. The number of likely N-dealkylation sites (N-methyl/N-ethyl adjacent to an activating group) is 1. The van der Waals surface area contributed by atoms with Crippen LogP contribution < -0.4 is 10.2 Å². The lowest BCUT2D eigenvalue weighted by atomic mass is 9.98. The summed E-state index contributed by atoms with van der Waals surface area (Å²) < 4.78 is 0. The predicted molar refractivity (Wildman–Crippen MR) is 90.4 cm³/mol. The van der Waals surface area contributed by atoms with E-state index in [1.165, 1.54) is 47.9 Å². The van der Waals surface area contributed by atoms with E-state index in [4.69, 9.17) is 4.98 Å². The van der Waals surface area contributed by atoms with Crippen LogP contribution >= 0.6 is 11.3 Å². The smallest absolute Gasteiger partial charge is 0.186 e. The number of fused-ring (bicyclic) bond motifs is 1. The lowest BCUT2D eigenvalue weighted by molar-refractivity contribution is 0.328. The largest absolute Gasteiger partial charge is 0.344 e. The molecule has 1 aromatic rings. The van der Waals surface area contributed by atoms with Gasteiger partial charge in [-0.05, 0) is 52.7 Å². The van der Waals surface area contributed by atoms with Crippen LogP contribution in [0, 0.1) is 0 Å². The molecule has 0 radical (unpaired) electrons. The molecule has 4 nitrogen and oxygen atoms in total. The van der Waals surface area contributed by atoms with Crippen LogP contribution in [0.4, 0.5) is 5.13 Å². The second-order valence-electron chi connectivity index (χ2n) is 6.41. The third-order valence-electron chi connectivity index (χ3n) is 4.91. The van der Waals surface area contributed by atoms with Crippen LogP contribution in [0.2, 0.25) is 0 Å². The maximum Gasteiger partial charge on any atom is 0.186 e. The molecule has 0 aromatic carbocycles. The first-order valence-electron chi connectivity index (χ1n) is 8.35. The molecule has 0 amide bonds. The Labute approximate surface area is 132 Å². The highest BCUT2D eigenvalue weighted by Gasteiger charge is 2.28. The van der Waals surface area contributed by atoms with Crippen molar-refractivity contribution in [1.29, 1.82) is 0 Å². The number of anilines is 1. The topological polar surface area (TPSA) is 31.4 Å². The van der Waals surface area contributed by atoms with Crippen LogP contribution in [0.5, 0.6) is 0 Å². The SMILES string of the molecule is CCC1CN(C)CCCN1c1nc2c(s1)C(NC)CCC2. The maximum absolute atomic E-state index is 5.02. The summed E-state index contributed by atoms with van der Waals surface area (Å²) in [6, 6.07) is 1.13. The lowest BCUT2D eigenvalue weighted by Crippen LogP contribution is -2.39. The number of aromatic nitrogens is 1. The number of hydrogen-bond donors (Lipinski definition) is 1. The van der Waals surface area contributed by atoms with Gasteiger partial charge in [-0.2, -0.15) is 0 Å². The molecule has 2 heterocycles. The van der Waals surface area contributed by atoms with Crippen molar-refractivity contribution < 1.29 is 0 Å². The second-order valence-corrected chi connectivity index (χ2v) is 7.42. The molecule has 1 aliphatic carbocycles. The highest BCUT2D eigenvalue weighted by molar-refractivity contribution is 7.15. The van der Waals surface area contributed by atoms with E-state index in [9.17, 15) is 0 Å². The molecule has 0 spiro atoms. The van der Waals surface area contributed by atoms with Crippen molar-refractivity contribution in [3.63, 3.8) is 0 Å². The molecular formula is C16H28N4S. The zero-order valence-electron chi connectivity index (χ0n) is 13.6. The Morgan fingerprint density at radius 1 is 1.33 bits per heavy atom. The van der Waals surface area contributed by atoms with Gasteiger partial charge in [0.05, 0.1) is 5.69 Å². The summed E-state index contributed by atoms with van der Waals surface area (Å²) in [6.45, 7) is 5.83. The summed E-state index contributed by atoms with van der Waals surface area (Å²) in [5.41, 5.74) is 1.35. The van der Waals surface area contributed by atoms with Crippen LogP contribution in [-0.4, -0.2) is 49.7 Å². The average Bonchev–Trinajstić information content (AvgIpc) is 2.83. The van der Waals surface area contributed by atoms with Gasteiger partial charge in [-0.3, -0.25) is 0 Å². The number of aryl methyl sites for hydroxylation is 1. The number of thiazole rings is 1. The van der Waals surface area contributed by atoms with Crippen molar-refractivity contribution in [2.24, 2.45) is 0 Å². The van der Waals surface area contributed by atoms with Gasteiger partial charge in [-0.1, -0.05) is 18.3 Å². The molecule has 2 unspecified atom stereocenters. The summed E-state index contributed by atoms with van der Waals surface area (Å²) in [4.78, 5) is 11.6. The highest BCUT2D eigenvalue weighted by Crippen LogP contribution is 2.38. The molecule has 1 N–H and O–H groups in total. The summed E-state index contributed by atoms with van der Waals surface area (Å²) in [5.74, 6) is 0. The first-order valence-corrected chi connectivity index (χ1v) is 9.16. The van der Waals surface area contributed by atoms with Crippen molar-refractivity contribution in [2.45, 2.75) is 51.1 Å². The van der Waals surface area contributed by atoms with Gasteiger partial charge < -0.3 is 15.1 Å². The first kappa shape index (κ1) is 15.3. The van der Waals surface area contributed by atoms with E-state index in [0.717, 1.165) is 19.5 Å². The fraction of sp³-hybridized carbons (Fsp3) is 0.812. The Morgan fingerprint density at radius 3 is 2.95 bits per heavy atom. The zero-order valence-corrected chi connectivity index (χ0v) is 14.4. The van der Waals surface area contributed by atoms with E-state index in [1.54, 1.807) is 0 Å². The van der Waals surface area contributed by atoms with Crippen molar-refractivity contribution >= 4 is 16.5 Å². The van der Waals surface area contributed by atoms with E-state index >= 15 is 0 Å². The molecular weight excluding hydrogens is 280 g/mol. The third kappa shape index (κ3) is 3.10. The Hall–Kier alpha value is -0.650. The minimum absolute atomic E-state index is 0.523. The normalized spacial score (nSPS) is 27.5. The van der Waals surface area contributed by atoms with Gasteiger partial charge in [0.1, 0.15) is 0 Å². The van der Waals surface area contributed by atoms with Gasteiger partial charge in [0.25, 0.3) is 0 Å². The zero-order chi connectivity index (χ0) is 14.8. The average molecular weight is 308 g/mol. The molecule has 2 atom stereocenters. The Morgan fingerprint density at radius 2 is 2.19 bits per heavy atom. The fourth-order valence-corrected chi connectivity index (χ4v) is 5.00. The molecule has 1 fully saturated rings. The minimum Gasteiger partial charge on any atom is -0.344 e. The summed E-state index contributed by atoms with van der Waals surface area (Å²) >= 11 is 1.94. The summed E-state index contributed by atoms with van der Waals surface area (Å²) in [6.07, 6.45) is 6.12. The lowest BCUT2D eigenvalue weighted by Gasteiger charge is -2.29. The van der Waals surface area contributed by atoms with Crippen molar-refractivity contribution in [3.8, 4) is 0 Å². The van der Waals surface area contributed by atoms with Gasteiger partial charge in [-0.15, -0.1) is 0 Å². The van der Waals surface area contributed by atoms with E-state index in [0.29, 0.717) is 12.1 Å². The van der Waals surface area contributed by atoms with Crippen LogP contribution in [0.1, 0.15) is 49.2 Å². The standard InChI is InChI=1S/C16H28N4S/c1-4-12-11-19(3)9-6-10-20(12)16-18-14-8-5-7-13(17-2)15(14)21-16/h12-13,17H,4-11H2,1-3H3. The molecule has 0 saturated carbocycles. The van der Waals surface area contributed by atoms with E-state index < -0.39 is 0 Å². The number of rotatable bonds is 3. The Bertz CT molecular complexity index is 473. The van der Waals surface area contributed by atoms with Gasteiger partial charge in [0.2, 0.25) is 0 Å². The molecule has 1 aliphatic heterocycles. The monoisotopic (exact) mass is 308 g/mol. The van der Waals surface area contributed by atoms with Crippen LogP contribution in [-0.2, 0) is 6.42 Å². The number of nitrogens with one attached hydrogen (secondary N) is 1. The number of nitrogens with zero attached hydrogens (tertiary/aromatic N) is 3. The first-order chi connectivity index (χ1) is 10.2. The molecule has 21 heavy (non-hydrogen) atoms. The molecule has 2 aliphatic rings. The van der Waals surface area contributed by atoms with E-state index in [1.807, 2.05) is 11.3 Å². The van der Waals surface area contributed by atoms with Gasteiger partial charge >= 0.3 is 0 Å². The fourth-order valence-electron chi connectivity index (χ4n) is 3.65. The molecule has 118 valence electrons. The summed E-state index contributed by atoms with van der Waals surface area (Å²) in [7, 11) is 4.32. The maximum atomic E-state index is 5.02. The Balaban J connectivity index is 1.87. The summed E-state index contributed by atoms with van der Waals surface area (Å²) in [5, 5.41) is 4.73. The van der Waals surface area contributed by atoms with Gasteiger partial charge in [0, 0.05) is 30.1 Å². The van der Waals surface area contributed by atoms with E-state index in [2.05, 4.69) is 36.1 Å². The van der Waals surface area contributed by atoms with Crippen LogP contribution in [0.3, 0.4) is 0 Å². The number of hydrogen-bond acceptors (Lipinski definition) is 5. The molecule has 1 saturated heterocycles. The van der Waals surface area contributed by atoms with E-state index in [-0.39, 0.29) is 0 Å². The second kappa shape index (κ2) is 6.63. The van der Waals surface area contributed by atoms with Gasteiger partial charge in [0.15, 0.2) is 5.13 Å². The highest BCUT2D eigenvalue weighted by atomic mass is 32.1. The van der Waals surface area contributed by atoms with Gasteiger partial charge in [-0.25, -0.2) is 4.98 Å². The van der Waals surface area contributed by atoms with Crippen LogP contribution in [0.15, 0.2) is 0 Å². The van der Waals surface area contributed by atoms with Crippen LogP contribution in [0.25, 0.3) is 0 Å². The van der Waals surface area contributed by atoms with Crippen molar-refractivity contribution in [3.05, 3.63) is 10.6 Å². The molecule has 3 rings (SSSR count). The Kier molecular flexibility index (Phi) is 4.82. The quantitative estimate of drug-likeness (QED) is 0.930.